The second-order valence-corrected chi connectivity index (χ2v) is 5.80. The molecule has 3 rings (SSSR count). The molecule has 2 heterocycles. The predicted molar refractivity (Wildman–Crippen MR) is 80.2 cm³/mol. The first kappa shape index (κ1) is 12.6. The summed E-state index contributed by atoms with van der Waals surface area (Å²) in [4.78, 5) is 7.24. The van der Waals surface area contributed by atoms with Gasteiger partial charge in [0.25, 0.3) is 0 Å². The van der Waals surface area contributed by atoms with Crippen molar-refractivity contribution in [2.45, 2.75) is 45.2 Å². The number of hydrogen-bond acceptors (Lipinski definition) is 2. The molecule has 2 aromatic rings. The van der Waals surface area contributed by atoms with Crippen LogP contribution in [0.25, 0.3) is 10.9 Å². The van der Waals surface area contributed by atoms with Crippen LogP contribution in [0.15, 0.2) is 36.5 Å². The molecular formula is C17H22N2. The first-order valence-electron chi connectivity index (χ1n) is 7.36. The number of hydrogen-bond donors (Lipinski definition) is 0. The van der Waals surface area contributed by atoms with Crippen molar-refractivity contribution in [3.8, 4) is 0 Å². The largest absolute Gasteiger partial charge is 0.294 e. The second-order valence-electron chi connectivity index (χ2n) is 5.80. The van der Waals surface area contributed by atoms with Crippen LogP contribution in [0.1, 0.15) is 44.7 Å². The fourth-order valence-corrected chi connectivity index (χ4v) is 3.20. The van der Waals surface area contributed by atoms with Crippen molar-refractivity contribution in [1.82, 2.24) is 9.88 Å². The third-order valence-corrected chi connectivity index (χ3v) is 4.20. The minimum absolute atomic E-state index is 0.547. The molecule has 0 bridgehead atoms. The van der Waals surface area contributed by atoms with Crippen molar-refractivity contribution < 1.29 is 0 Å². The summed E-state index contributed by atoms with van der Waals surface area (Å²) < 4.78 is 0. The van der Waals surface area contributed by atoms with Gasteiger partial charge in [0.05, 0.1) is 5.52 Å². The van der Waals surface area contributed by atoms with E-state index in [-0.39, 0.29) is 0 Å². The van der Waals surface area contributed by atoms with Crippen LogP contribution < -0.4 is 0 Å². The van der Waals surface area contributed by atoms with Crippen molar-refractivity contribution in [3.63, 3.8) is 0 Å². The van der Waals surface area contributed by atoms with Gasteiger partial charge in [-0.25, -0.2) is 0 Å². The maximum atomic E-state index is 4.62. The highest BCUT2D eigenvalue weighted by molar-refractivity contribution is 5.78. The van der Waals surface area contributed by atoms with Crippen molar-refractivity contribution in [2.75, 3.05) is 6.54 Å². The van der Waals surface area contributed by atoms with Gasteiger partial charge in [0.15, 0.2) is 0 Å². The van der Waals surface area contributed by atoms with Crippen LogP contribution in [0.3, 0.4) is 0 Å². The molecule has 0 aliphatic carbocycles. The molecule has 100 valence electrons. The minimum Gasteiger partial charge on any atom is -0.294 e. The van der Waals surface area contributed by atoms with Crippen LogP contribution >= 0.6 is 0 Å². The van der Waals surface area contributed by atoms with Crippen molar-refractivity contribution in [1.29, 1.82) is 0 Å². The molecule has 1 aromatic carbocycles. The Labute approximate surface area is 115 Å². The summed E-state index contributed by atoms with van der Waals surface area (Å²) in [5.74, 6) is 0. The predicted octanol–water partition coefficient (Wildman–Crippen LogP) is 4.17. The highest BCUT2D eigenvalue weighted by Crippen LogP contribution is 2.33. The first-order chi connectivity index (χ1) is 9.25. The summed E-state index contributed by atoms with van der Waals surface area (Å²) in [5.41, 5.74) is 2.48. The third-order valence-electron chi connectivity index (χ3n) is 4.20. The van der Waals surface area contributed by atoms with E-state index in [0.29, 0.717) is 12.1 Å². The Morgan fingerprint density at radius 3 is 2.89 bits per heavy atom. The fraction of sp³-hybridized carbons (Fsp3) is 0.471. The number of benzene rings is 1. The zero-order valence-corrected chi connectivity index (χ0v) is 11.8. The summed E-state index contributed by atoms with van der Waals surface area (Å²) in [6.45, 7) is 5.81. The Balaban J connectivity index is 1.97. The number of piperidine rings is 1. The lowest BCUT2D eigenvalue weighted by Gasteiger charge is -2.38. The molecule has 0 radical (unpaired) electrons. The van der Waals surface area contributed by atoms with Crippen LogP contribution in [0.2, 0.25) is 0 Å². The SMILES string of the molecule is CC(C)N1CCCC[C@H]1c1cnc2ccccc2c1. The Morgan fingerprint density at radius 1 is 1.21 bits per heavy atom. The van der Waals surface area contributed by atoms with E-state index in [1.165, 1.54) is 36.8 Å². The van der Waals surface area contributed by atoms with E-state index in [9.17, 15) is 0 Å². The zero-order chi connectivity index (χ0) is 13.2. The lowest BCUT2D eigenvalue weighted by atomic mass is 9.94. The summed E-state index contributed by atoms with van der Waals surface area (Å²) in [6.07, 6.45) is 6.00. The molecule has 0 N–H and O–H groups in total. The average Bonchev–Trinajstić information content (AvgIpc) is 2.46. The lowest BCUT2D eigenvalue weighted by Crippen LogP contribution is -2.38. The van der Waals surface area contributed by atoms with Gasteiger partial charge in [0, 0.05) is 23.7 Å². The van der Waals surface area contributed by atoms with Crippen molar-refractivity contribution in [3.05, 3.63) is 42.1 Å². The highest BCUT2D eigenvalue weighted by Gasteiger charge is 2.26. The second kappa shape index (κ2) is 5.30. The topological polar surface area (TPSA) is 16.1 Å². The number of fused-ring (bicyclic) bond motifs is 1. The van der Waals surface area contributed by atoms with E-state index in [4.69, 9.17) is 0 Å². The maximum Gasteiger partial charge on any atom is 0.0702 e. The standard InChI is InChI=1S/C17H22N2/c1-13(2)19-10-6-5-9-17(19)15-11-14-7-3-4-8-16(14)18-12-15/h3-4,7-8,11-13,17H,5-6,9-10H2,1-2H3/t17-/m0/s1. The number of rotatable bonds is 2. The van der Waals surface area contributed by atoms with Crippen molar-refractivity contribution >= 4 is 10.9 Å². The Morgan fingerprint density at radius 2 is 2.05 bits per heavy atom. The van der Waals surface area contributed by atoms with Gasteiger partial charge < -0.3 is 0 Å². The van der Waals surface area contributed by atoms with Crippen LogP contribution in [0, 0.1) is 0 Å². The van der Waals surface area contributed by atoms with Gasteiger partial charge in [-0.3, -0.25) is 9.88 Å². The van der Waals surface area contributed by atoms with Crippen LogP contribution in [-0.2, 0) is 0 Å². The van der Waals surface area contributed by atoms with Gasteiger partial charge in [-0.2, -0.15) is 0 Å². The van der Waals surface area contributed by atoms with E-state index in [1.807, 2.05) is 0 Å². The Kier molecular flexibility index (Phi) is 3.52. The summed E-state index contributed by atoms with van der Waals surface area (Å²) in [5, 5.41) is 1.26. The molecule has 1 aliphatic heterocycles. The Hall–Kier alpha value is -1.41. The van der Waals surface area contributed by atoms with Crippen LogP contribution in [-0.4, -0.2) is 22.5 Å². The summed E-state index contributed by atoms with van der Waals surface area (Å²) in [7, 11) is 0. The Bertz CT molecular complexity index is 562. The molecule has 19 heavy (non-hydrogen) atoms. The van der Waals surface area contributed by atoms with Gasteiger partial charge >= 0.3 is 0 Å². The van der Waals surface area contributed by atoms with E-state index in [1.54, 1.807) is 0 Å². The molecule has 0 amide bonds. The van der Waals surface area contributed by atoms with E-state index < -0.39 is 0 Å². The van der Waals surface area contributed by atoms with Gasteiger partial charge in [-0.1, -0.05) is 24.6 Å². The zero-order valence-electron chi connectivity index (χ0n) is 11.8. The van der Waals surface area contributed by atoms with E-state index in [2.05, 4.69) is 60.3 Å². The van der Waals surface area contributed by atoms with Crippen molar-refractivity contribution in [2.24, 2.45) is 0 Å². The molecule has 1 aliphatic rings. The number of nitrogens with zero attached hydrogens (tertiary/aromatic N) is 2. The monoisotopic (exact) mass is 254 g/mol. The van der Waals surface area contributed by atoms with Gasteiger partial charge in [0.1, 0.15) is 0 Å². The van der Waals surface area contributed by atoms with Gasteiger partial charge in [0.2, 0.25) is 0 Å². The van der Waals surface area contributed by atoms with Crippen LogP contribution in [0.5, 0.6) is 0 Å². The molecule has 2 heteroatoms. The number of pyridine rings is 1. The summed E-state index contributed by atoms with van der Waals surface area (Å²) >= 11 is 0. The third kappa shape index (κ3) is 2.50. The molecular weight excluding hydrogens is 232 g/mol. The quantitative estimate of drug-likeness (QED) is 0.799. The lowest BCUT2D eigenvalue weighted by molar-refractivity contribution is 0.112. The smallest absolute Gasteiger partial charge is 0.0702 e. The van der Waals surface area contributed by atoms with Crippen LogP contribution in [0.4, 0.5) is 0 Å². The van der Waals surface area contributed by atoms with E-state index in [0.717, 1.165) is 5.52 Å². The van der Waals surface area contributed by atoms with Gasteiger partial charge in [-0.05, 0) is 50.9 Å². The maximum absolute atomic E-state index is 4.62. The molecule has 1 saturated heterocycles. The molecule has 1 fully saturated rings. The number of likely N-dealkylation sites (tertiary alicyclic amines) is 1. The normalized spacial score (nSPS) is 21.1. The fourth-order valence-electron chi connectivity index (χ4n) is 3.20. The molecule has 1 atom stereocenters. The number of aromatic nitrogens is 1. The van der Waals surface area contributed by atoms with Gasteiger partial charge in [-0.15, -0.1) is 0 Å². The first-order valence-corrected chi connectivity index (χ1v) is 7.36. The molecule has 2 nitrogen and oxygen atoms in total. The summed E-state index contributed by atoms with van der Waals surface area (Å²) in [6, 6.07) is 11.9. The molecule has 0 spiro atoms. The minimum atomic E-state index is 0.547. The average molecular weight is 254 g/mol. The number of para-hydroxylation sites is 1. The van der Waals surface area contributed by atoms with E-state index >= 15 is 0 Å². The molecule has 0 saturated carbocycles. The highest BCUT2D eigenvalue weighted by atomic mass is 15.2. The molecule has 1 aromatic heterocycles. The molecule has 0 unspecified atom stereocenters.